The summed E-state index contributed by atoms with van der Waals surface area (Å²) >= 11 is 1.39. The summed E-state index contributed by atoms with van der Waals surface area (Å²) in [5.41, 5.74) is 0. The SMILES string of the molecule is O=C(O)C1CCN(C(=O)c2cccs2)C1. The minimum absolute atomic E-state index is 0.0475. The average Bonchev–Trinajstić information content (AvgIpc) is 2.88. The van der Waals surface area contributed by atoms with Crippen LogP contribution in [-0.2, 0) is 4.79 Å². The number of aliphatic carboxylic acids is 1. The van der Waals surface area contributed by atoms with Crippen molar-refractivity contribution in [3.63, 3.8) is 0 Å². The van der Waals surface area contributed by atoms with Crippen molar-refractivity contribution in [1.82, 2.24) is 4.90 Å². The van der Waals surface area contributed by atoms with Crippen LogP contribution in [0.2, 0.25) is 0 Å². The molecule has 1 unspecified atom stereocenters. The Morgan fingerprint density at radius 2 is 2.33 bits per heavy atom. The number of carboxylic acids is 1. The van der Waals surface area contributed by atoms with Gasteiger partial charge < -0.3 is 10.0 Å². The van der Waals surface area contributed by atoms with Crippen LogP contribution in [0.5, 0.6) is 0 Å². The molecule has 0 aromatic carbocycles. The summed E-state index contributed by atoms with van der Waals surface area (Å²) in [6.45, 7) is 0.889. The minimum atomic E-state index is -0.809. The Balaban J connectivity index is 2.02. The molecule has 1 aromatic heterocycles. The van der Waals surface area contributed by atoms with Gasteiger partial charge in [0, 0.05) is 13.1 Å². The van der Waals surface area contributed by atoms with Crippen LogP contribution in [0.15, 0.2) is 17.5 Å². The van der Waals surface area contributed by atoms with Gasteiger partial charge in [0.1, 0.15) is 0 Å². The van der Waals surface area contributed by atoms with Gasteiger partial charge in [-0.15, -0.1) is 11.3 Å². The summed E-state index contributed by atoms with van der Waals surface area (Å²) in [4.78, 5) is 24.8. The number of rotatable bonds is 2. The van der Waals surface area contributed by atoms with Crippen LogP contribution in [0.3, 0.4) is 0 Å². The van der Waals surface area contributed by atoms with E-state index in [1.54, 1.807) is 11.0 Å². The monoisotopic (exact) mass is 225 g/mol. The maximum atomic E-state index is 11.8. The van der Waals surface area contributed by atoms with Crippen LogP contribution in [0.25, 0.3) is 0 Å². The van der Waals surface area contributed by atoms with E-state index in [-0.39, 0.29) is 5.91 Å². The second-order valence-corrected chi connectivity index (χ2v) is 4.50. The molecule has 0 bridgehead atoms. The molecule has 2 rings (SSSR count). The first-order valence-electron chi connectivity index (χ1n) is 4.74. The van der Waals surface area contributed by atoms with Crippen LogP contribution in [0.1, 0.15) is 16.1 Å². The Morgan fingerprint density at radius 3 is 2.87 bits per heavy atom. The highest BCUT2D eigenvalue weighted by Crippen LogP contribution is 2.20. The molecule has 1 aromatic rings. The first-order chi connectivity index (χ1) is 7.18. The molecule has 1 saturated heterocycles. The summed E-state index contributed by atoms with van der Waals surface area (Å²) < 4.78 is 0. The highest BCUT2D eigenvalue weighted by molar-refractivity contribution is 7.12. The molecule has 5 heteroatoms. The van der Waals surface area contributed by atoms with Gasteiger partial charge in [0.05, 0.1) is 10.8 Å². The van der Waals surface area contributed by atoms with Crippen molar-refractivity contribution >= 4 is 23.2 Å². The quantitative estimate of drug-likeness (QED) is 0.825. The number of carbonyl (C=O) groups is 2. The zero-order valence-electron chi connectivity index (χ0n) is 8.05. The van der Waals surface area contributed by atoms with Gasteiger partial charge in [0.25, 0.3) is 5.91 Å². The Hall–Kier alpha value is -1.36. The highest BCUT2D eigenvalue weighted by atomic mass is 32.1. The number of thiophene rings is 1. The highest BCUT2D eigenvalue weighted by Gasteiger charge is 2.31. The topological polar surface area (TPSA) is 57.6 Å². The molecule has 0 radical (unpaired) electrons. The molecule has 4 nitrogen and oxygen atoms in total. The van der Waals surface area contributed by atoms with E-state index in [2.05, 4.69) is 0 Å². The van der Waals surface area contributed by atoms with Crippen LogP contribution in [0, 0.1) is 5.92 Å². The number of hydrogen-bond acceptors (Lipinski definition) is 3. The first-order valence-corrected chi connectivity index (χ1v) is 5.62. The number of carboxylic acid groups (broad SMARTS) is 1. The molecule has 1 amide bonds. The fraction of sp³-hybridized carbons (Fsp3) is 0.400. The number of amides is 1. The Kier molecular flexibility index (Phi) is 2.73. The largest absolute Gasteiger partial charge is 0.481 e. The Bertz CT molecular complexity index is 374. The second kappa shape index (κ2) is 4.02. The predicted molar refractivity (Wildman–Crippen MR) is 56.0 cm³/mol. The van der Waals surface area contributed by atoms with E-state index in [1.807, 2.05) is 11.4 Å². The zero-order valence-corrected chi connectivity index (χ0v) is 8.87. The van der Waals surface area contributed by atoms with Gasteiger partial charge >= 0.3 is 5.97 Å². The third-order valence-corrected chi connectivity index (χ3v) is 3.41. The molecule has 1 aliphatic rings. The van der Waals surface area contributed by atoms with E-state index in [4.69, 9.17) is 5.11 Å². The standard InChI is InChI=1S/C10H11NO3S/c12-9(8-2-1-5-15-8)11-4-3-7(6-11)10(13)14/h1-2,5,7H,3-4,6H2,(H,13,14). The fourth-order valence-electron chi connectivity index (χ4n) is 1.70. The molecule has 0 aliphatic carbocycles. The molecular formula is C10H11NO3S. The van der Waals surface area contributed by atoms with Crippen molar-refractivity contribution in [3.8, 4) is 0 Å². The van der Waals surface area contributed by atoms with Crippen molar-refractivity contribution < 1.29 is 14.7 Å². The summed E-state index contributed by atoms with van der Waals surface area (Å²) in [6.07, 6.45) is 0.562. The number of carbonyl (C=O) groups excluding carboxylic acids is 1. The van der Waals surface area contributed by atoms with Gasteiger partial charge in [-0.1, -0.05) is 6.07 Å². The summed E-state index contributed by atoms with van der Waals surface area (Å²) in [6, 6.07) is 3.59. The van der Waals surface area contributed by atoms with Crippen molar-refractivity contribution in [3.05, 3.63) is 22.4 Å². The van der Waals surface area contributed by atoms with Gasteiger partial charge in [0.15, 0.2) is 0 Å². The minimum Gasteiger partial charge on any atom is -0.481 e. The molecule has 2 heterocycles. The fourth-order valence-corrected chi connectivity index (χ4v) is 2.39. The maximum Gasteiger partial charge on any atom is 0.308 e. The maximum absolute atomic E-state index is 11.8. The van der Waals surface area contributed by atoms with Gasteiger partial charge in [0.2, 0.25) is 0 Å². The van der Waals surface area contributed by atoms with E-state index in [0.29, 0.717) is 24.4 Å². The molecular weight excluding hydrogens is 214 g/mol. The molecule has 15 heavy (non-hydrogen) atoms. The third-order valence-electron chi connectivity index (χ3n) is 2.56. The van der Waals surface area contributed by atoms with Gasteiger partial charge in [-0.25, -0.2) is 0 Å². The summed E-state index contributed by atoms with van der Waals surface area (Å²) in [5.74, 6) is -1.25. The van der Waals surface area contributed by atoms with Crippen molar-refractivity contribution in [1.29, 1.82) is 0 Å². The van der Waals surface area contributed by atoms with E-state index in [1.165, 1.54) is 11.3 Å². The van der Waals surface area contributed by atoms with Crippen molar-refractivity contribution in [2.45, 2.75) is 6.42 Å². The lowest BCUT2D eigenvalue weighted by atomic mass is 10.1. The first kappa shape index (κ1) is 10.2. The predicted octanol–water partition coefficient (Wildman–Crippen LogP) is 1.29. The van der Waals surface area contributed by atoms with E-state index >= 15 is 0 Å². The van der Waals surface area contributed by atoms with Gasteiger partial charge in [-0.3, -0.25) is 9.59 Å². The zero-order chi connectivity index (χ0) is 10.8. The summed E-state index contributed by atoms with van der Waals surface area (Å²) in [7, 11) is 0. The summed E-state index contributed by atoms with van der Waals surface area (Å²) in [5, 5.41) is 10.7. The molecule has 1 fully saturated rings. The van der Waals surface area contributed by atoms with Gasteiger partial charge in [-0.05, 0) is 17.9 Å². The van der Waals surface area contributed by atoms with Crippen LogP contribution >= 0.6 is 11.3 Å². The van der Waals surface area contributed by atoms with Crippen molar-refractivity contribution in [2.75, 3.05) is 13.1 Å². The Morgan fingerprint density at radius 1 is 1.53 bits per heavy atom. The molecule has 80 valence electrons. The van der Waals surface area contributed by atoms with Crippen molar-refractivity contribution in [2.24, 2.45) is 5.92 Å². The normalized spacial score (nSPS) is 20.5. The number of hydrogen-bond donors (Lipinski definition) is 1. The lowest BCUT2D eigenvalue weighted by Crippen LogP contribution is -2.29. The Labute approximate surface area is 91.1 Å². The molecule has 0 saturated carbocycles. The smallest absolute Gasteiger partial charge is 0.308 e. The molecule has 0 spiro atoms. The van der Waals surface area contributed by atoms with E-state index in [0.717, 1.165) is 0 Å². The number of nitrogens with zero attached hydrogens (tertiary/aromatic N) is 1. The number of likely N-dealkylation sites (tertiary alicyclic amines) is 1. The molecule has 1 atom stereocenters. The molecule has 1 N–H and O–H groups in total. The molecule has 1 aliphatic heterocycles. The van der Waals surface area contributed by atoms with Crippen LogP contribution < -0.4 is 0 Å². The van der Waals surface area contributed by atoms with Crippen LogP contribution in [0.4, 0.5) is 0 Å². The second-order valence-electron chi connectivity index (χ2n) is 3.55. The van der Waals surface area contributed by atoms with E-state index in [9.17, 15) is 9.59 Å². The van der Waals surface area contributed by atoms with Crippen LogP contribution in [-0.4, -0.2) is 35.0 Å². The van der Waals surface area contributed by atoms with E-state index < -0.39 is 11.9 Å². The third kappa shape index (κ3) is 2.02. The van der Waals surface area contributed by atoms with Gasteiger partial charge in [-0.2, -0.15) is 0 Å². The lowest BCUT2D eigenvalue weighted by Gasteiger charge is -2.14. The average molecular weight is 225 g/mol. The lowest BCUT2D eigenvalue weighted by molar-refractivity contribution is -0.141.